The first kappa shape index (κ1) is 19.6. The molecular formula is C19H20N2O6S. The fourth-order valence-electron chi connectivity index (χ4n) is 2.64. The summed E-state index contributed by atoms with van der Waals surface area (Å²) in [5, 5.41) is 0. The lowest BCUT2D eigenvalue weighted by Gasteiger charge is -2.14. The Morgan fingerprint density at radius 2 is 1.61 bits per heavy atom. The number of nitrogens with one attached hydrogen (secondary N) is 1. The summed E-state index contributed by atoms with van der Waals surface area (Å²) in [5.41, 5.74) is 0.884. The van der Waals surface area contributed by atoms with Gasteiger partial charge in [0.15, 0.2) is 23.1 Å². The second-order valence-electron chi connectivity index (χ2n) is 5.78. The molecule has 0 aliphatic rings. The molecule has 148 valence electrons. The average molecular weight is 404 g/mol. The van der Waals surface area contributed by atoms with Crippen molar-refractivity contribution in [3.63, 3.8) is 0 Å². The van der Waals surface area contributed by atoms with Crippen molar-refractivity contribution < 1.29 is 27.0 Å². The monoisotopic (exact) mass is 404 g/mol. The third kappa shape index (κ3) is 3.89. The predicted octanol–water partition coefficient (Wildman–Crippen LogP) is 3.48. The van der Waals surface area contributed by atoms with Crippen molar-refractivity contribution in [2.24, 2.45) is 0 Å². The predicted molar refractivity (Wildman–Crippen MR) is 104 cm³/mol. The second kappa shape index (κ2) is 7.81. The summed E-state index contributed by atoms with van der Waals surface area (Å²) in [6.07, 6.45) is 1.54. The van der Waals surface area contributed by atoms with Gasteiger partial charge in [0, 0.05) is 18.6 Å². The molecule has 0 bridgehead atoms. The van der Waals surface area contributed by atoms with E-state index < -0.39 is 10.0 Å². The molecule has 9 heteroatoms. The highest BCUT2D eigenvalue weighted by Gasteiger charge is 2.22. The van der Waals surface area contributed by atoms with Crippen LogP contribution in [-0.4, -0.2) is 34.7 Å². The molecular weight excluding hydrogens is 384 g/mol. The van der Waals surface area contributed by atoms with Crippen LogP contribution < -0.4 is 18.9 Å². The topological polar surface area (TPSA) is 99.9 Å². The SMILES string of the molecule is COc1ccc(NS(=O)(=O)c2cc(-c3cnc(C)o3)ccc2OC)cc1OC. The number of methoxy groups -OCH3 is 3. The number of ether oxygens (including phenoxy) is 3. The van der Waals surface area contributed by atoms with E-state index in [1.807, 2.05) is 0 Å². The lowest BCUT2D eigenvalue weighted by atomic mass is 10.2. The van der Waals surface area contributed by atoms with Gasteiger partial charge in [0.25, 0.3) is 10.0 Å². The first-order valence-electron chi connectivity index (χ1n) is 8.23. The highest BCUT2D eigenvalue weighted by Crippen LogP contribution is 2.34. The first-order chi connectivity index (χ1) is 13.4. The molecule has 0 aliphatic carbocycles. The van der Waals surface area contributed by atoms with E-state index in [1.165, 1.54) is 39.7 Å². The summed E-state index contributed by atoms with van der Waals surface area (Å²) in [4.78, 5) is 4.01. The Labute approximate surface area is 163 Å². The number of hydrogen-bond acceptors (Lipinski definition) is 7. The zero-order chi connectivity index (χ0) is 20.3. The number of anilines is 1. The number of aromatic nitrogens is 1. The van der Waals surface area contributed by atoms with E-state index in [1.54, 1.807) is 31.2 Å². The van der Waals surface area contributed by atoms with Crippen molar-refractivity contribution in [1.29, 1.82) is 0 Å². The van der Waals surface area contributed by atoms with E-state index in [2.05, 4.69) is 9.71 Å². The molecule has 3 aromatic rings. The van der Waals surface area contributed by atoms with Crippen molar-refractivity contribution in [2.45, 2.75) is 11.8 Å². The van der Waals surface area contributed by atoms with Crippen LogP contribution in [-0.2, 0) is 10.0 Å². The summed E-state index contributed by atoms with van der Waals surface area (Å²) in [6.45, 7) is 1.71. The molecule has 28 heavy (non-hydrogen) atoms. The normalized spacial score (nSPS) is 11.1. The molecule has 0 aliphatic heterocycles. The van der Waals surface area contributed by atoms with Crippen LogP contribution in [0.1, 0.15) is 5.89 Å². The number of sulfonamides is 1. The summed E-state index contributed by atoms with van der Waals surface area (Å²) in [7, 11) is 0.425. The number of oxazole rings is 1. The van der Waals surface area contributed by atoms with Gasteiger partial charge >= 0.3 is 0 Å². The molecule has 8 nitrogen and oxygen atoms in total. The number of hydrogen-bond donors (Lipinski definition) is 1. The highest BCUT2D eigenvalue weighted by atomic mass is 32.2. The smallest absolute Gasteiger partial charge is 0.265 e. The van der Waals surface area contributed by atoms with Gasteiger partial charge in [0.05, 0.1) is 33.2 Å². The minimum atomic E-state index is -3.96. The maximum absolute atomic E-state index is 13.0. The van der Waals surface area contributed by atoms with Crippen molar-refractivity contribution in [3.8, 4) is 28.6 Å². The zero-order valence-corrected chi connectivity index (χ0v) is 16.7. The molecule has 3 rings (SSSR count). The number of rotatable bonds is 7. The number of benzene rings is 2. The summed E-state index contributed by atoms with van der Waals surface area (Å²) < 4.78 is 49.7. The standard InChI is InChI=1S/C19H20N2O6S/c1-12-20-11-18(27-12)13-5-7-16(25-3)19(9-13)28(22,23)21-14-6-8-15(24-2)17(10-14)26-4/h5-11,21H,1-4H3. The van der Waals surface area contributed by atoms with Crippen molar-refractivity contribution in [1.82, 2.24) is 4.98 Å². The maximum Gasteiger partial charge on any atom is 0.265 e. The van der Waals surface area contributed by atoms with E-state index >= 15 is 0 Å². The summed E-state index contributed by atoms with van der Waals surface area (Å²) in [6, 6.07) is 9.47. The zero-order valence-electron chi connectivity index (χ0n) is 15.8. The number of aryl methyl sites for hydroxylation is 1. The Hall–Kier alpha value is -3.20. The lowest BCUT2D eigenvalue weighted by Crippen LogP contribution is -2.14. The van der Waals surface area contributed by atoms with Crippen LogP contribution in [0.2, 0.25) is 0 Å². The third-order valence-corrected chi connectivity index (χ3v) is 5.40. The minimum absolute atomic E-state index is 0.0312. The fourth-order valence-corrected chi connectivity index (χ4v) is 3.89. The Morgan fingerprint density at radius 3 is 2.21 bits per heavy atom. The molecule has 0 fully saturated rings. The number of nitrogens with zero attached hydrogens (tertiary/aromatic N) is 1. The van der Waals surface area contributed by atoms with Crippen molar-refractivity contribution in [3.05, 3.63) is 48.5 Å². The van der Waals surface area contributed by atoms with Gasteiger partial charge in [-0.2, -0.15) is 0 Å². The second-order valence-corrected chi connectivity index (χ2v) is 7.44. The summed E-state index contributed by atoms with van der Waals surface area (Å²) in [5.74, 6) is 2.04. The molecule has 0 saturated carbocycles. The van der Waals surface area contributed by atoms with E-state index in [0.717, 1.165) is 0 Å². The van der Waals surface area contributed by atoms with Crippen LogP contribution in [0.3, 0.4) is 0 Å². The molecule has 0 saturated heterocycles. The van der Waals surface area contributed by atoms with Crippen molar-refractivity contribution >= 4 is 15.7 Å². The largest absolute Gasteiger partial charge is 0.495 e. The van der Waals surface area contributed by atoms with Gasteiger partial charge in [-0.25, -0.2) is 13.4 Å². The molecule has 1 heterocycles. The van der Waals surface area contributed by atoms with Gasteiger partial charge in [-0.1, -0.05) is 0 Å². The van der Waals surface area contributed by atoms with Gasteiger partial charge < -0.3 is 18.6 Å². The van der Waals surface area contributed by atoms with E-state index in [9.17, 15) is 8.42 Å². The van der Waals surface area contributed by atoms with Crippen LogP contribution in [0.15, 0.2) is 51.9 Å². The summed E-state index contributed by atoms with van der Waals surface area (Å²) >= 11 is 0. The van der Waals surface area contributed by atoms with Crippen LogP contribution in [0.4, 0.5) is 5.69 Å². The minimum Gasteiger partial charge on any atom is -0.495 e. The molecule has 2 aromatic carbocycles. The van der Waals surface area contributed by atoms with Crippen molar-refractivity contribution in [2.75, 3.05) is 26.1 Å². The Bertz CT molecular complexity index is 1090. The molecule has 0 unspecified atom stereocenters. The van der Waals surface area contributed by atoms with E-state index in [-0.39, 0.29) is 10.6 Å². The van der Waals surface area contributed by atoms with E-state index in [4.69, 9.17) is 18.6 Å². The highest BCUT2D eigenvalue weighted by molar-refractivity contribution is 7.92. The Morgan fingerprint density at radius 1 is 0.929 bits per heavy atom. The van der Waals surface area contributed by atoms with Gasteiger partial charge in [-0.3, -0.25) is 4.72 Å². The molecule has 1 N–H and O–H groups in total. The fraction of sp³-hybridized carbons (Fsp3) is 0.211. The van der Waals surface area contributed by atoms with Crippen LogP contribution >= 0.6 is 0 Å². The van der Waals surface area contributed by atoms with Crippen LogP contribution in [0.5, 0.6) is 17.2 Å². The molecule has 1 aromatic heterocycles. The van der Waals surface area contributed by atoms with Crippen LogP contribution in [0, 0.1) is 6.92 Å². The third-order valence-electron chi connectivity index (χ3n) is 3.99. The molecule has 0 radical (unpaired) electrons. The molecule has 0 spiro atoms. The maximum atomic E-state index is 13.0. The van der Waals surface area contributed by atoms with Crippen LogP contribution in [0.25, 0.3) is 11.3 Å². The average Bonchev–Trinajstić information content (AvgIpc) is 3.13. The van der Waals surface area contributed by atoms with Gasteiger partial charge in [-0.15, -0.1) is 0 Å². The Kier molecular flexibility index (Phi) is 5.46. The molecule has 0 amide bonds. The van der Waals surface area contributed by atoms with Gasteiger partial charge in [0.2, 0.25) is 0 Å². The first-order valence-corrected chi connectivity index (χ1v) is 9.72. The quantitative estimate of drug-likeness (QED) is 0.643. The lowest BCUT2D eigenvalue weighted by molar-refractivity contribution is 0.355. The Balaban J connectivity index is 2.01. The molecule has 0 atom stereocenters. The van der Waals surface area contributed by atoms with Gasteiger partial charge in [0.1, 0.15) is 10.6 Å². The van der Waals surface area contributed by atoms with Gasteiger partial charge in [-0.05, 0) is 30.3 Å². The van der Waals surface area contributed by atoms with E-state index in [0.29, 0.717) is 34.4 Å².